The van der Waals surface area contributed by atoms with E-state index in [1.807, 2.05) is 6.92 Å². The lowest BCUT2D eigenvalue weighted by Crippen LogP contribution is -2.33. The highest BCUT2D eigenvalue weighted by atomic mass is 16.2. The number of rotatable bonds is 6. The first kappa shape index (κ1) is 19.1. The lowest BCUT2D eigenvalue weighted by atomic mass is 10.1. The summed E-state index contributed by atoms with van der Waals surface area (Å²) < 4.78 is 1.26. The van der Waals surface area contributed by atoms with Crippen LogP contribution in [0.1, 0.15) is 56.7 Å². The van der Waals surface area contributed by atoms with Crippen LogP contribution in [0.2, 0.25) is 0 Å². The van der Waals surface area contributed by atoms with Gasteiger partial charge >= 0.3 is 0 Å². The van der Waals surface area contributed by atoms with Crippen molar-refractivity contribution >= 4 is 23.5 Å². The van der Waals surface area contributed by atoms with E-state index in [9.17, 15) is 14.4 Å². The van der Waals surface area contributed by atoms with Crippen LogP contribution in [-0.4, -0.2) is 49.4 Å². The van der Waals surface area contributed by atoms with Crippen molar-refractivity contribution < 1.29 is 9.59 Å². The quantitative estimate of drug-likeness (QED) is 0.794. The van der Waals surface area contributed by atoms with Crippen molar-refractivity contribution in [1.82, 2.24) is 24.5 Å². The zero-order chi connectivity index (χ0) is 19.4. The van der Waals surface area contributed by atoms with Gasteiger partial charge in [-0.2, -0.15) is 9.50 Å². The Morgan fingerprint density at radius 1 is 1.22 bits per heavy atom. The number of amides is 2. The third-order valence-electron chi connectivity index (χ3n) is 4.83. The Labute approximate surface area is 157 Å². The summed E-state index contributed by atoms with van der Waals surface area (Å²) in [5.74, 6) is 0.263. The first-order chi connectivity index (χ1) is 13.0. The van der Waals surface area contributed by atoms with Crippen molar-refractivity contribution in [2.24, 2.45) is 0 Å². The summed E-state index contributed by atoms with van der Waals surface area (Å²) in [5.41, 5.74) is 1.12. The van der Waals surface area contributed by atoms with Gasteiger partial charge in [0.25, 0.3) is 11.3 Å². The van der Waals surface area contributed by atoms with E-state index in [2.05, 4.69) is 20.4 Å². The van der Waals surface area contributed by atoms with Crippen molar-refractivity contribution in [3.63, 3.8) is 0 Å². The molecule has 2 aromatic heterocycles. The number of nitrogens with one attached hydrogen (secondary N) is 2. The number of nitrogens with zero attached hydrogens (tertiary/aromatic N) is 4. The van der Waals surface area contributed by atoms with E-state index in [0.29, 0.717) is 37.2 Å². The van der Waals surface area contributed by atoms with E-state index in [0.717, 1.165) is 25.7 Å². The highest BCUT2D eigenvalue weighted by Crippen LogP contribution is 2.12. The van der Waals surface area contributed by atoms with Crippen LogP contribution in [0.15, 0.2) is 4.79 Å². The zero-order valence-corrected chi connectivity index (χ0v) is 15.9. The molecule has 2 N–H and O–H groups in total. The summed E-state index contributed by atoms with van der Waals surface area (Å²) in [6.45, 7) is 4.89. The molecule has 0 aromatic carbocycles. The summed E-state index contributed by atoms with van der Waals surface area (Å²) in [4.78, 5) is 47.0. The van der Waals surface area contributed by atoms with Gasteiger partial charge in [-0.25, -0.2) is 4.98 Å². The summed E-state index contributed by atoms with van der Waals surface area (Å²) in [6, 6.07) is 0. The third-order valence-corrected chi connectivity index (χ3v) is 4.83. The molecule has 9 heteroatoms. The topological polar surface area (TPSA) is 112 Å². The number of hydrogen-bond donors (Lipinski definition) is 2. The van der Waals surface area contributed by atoms with Gasteiger partial charge in [-0.05, 0) is 26.2 Å². The van der Waals surface area contributed by atoms with Gasteiger partial charge in [0.1, 0.15) is 0 Å². The molecule has 146 valence electrons. The van der Waals surface area contributed by atoms with E-state index in [-0.39, 0.29) is 35.5 Å². The number of aromatic nitrogens is 4. The molecule has 0 saturated carbocycles. The molecular formula is C18H26N6O3. The molecule has 27 heavy (non-hydrogen) atoms. The SMILES string of the molecule is CCCc1c(C)nc2nc(NC(=O)CCN3CCCCCC3=O)[nH]n2c1=O. The van der Waals surface area contributed by atoms with Crippen molar-refractivity contribution in [3.05, 3.63) is 21.6 Å². The number of anilines is 1. The predicted molar refractivity (Wildman–Crippen MR) is 101 cm³/mol. The molecule has 9 nitrogen and oxygen atoms in total. The number of H-pyrrole nitrogens is 1. The molecule has 2 aromatic rings. The maximum absolute atomic E-state index is 12.5. The van der Waals surface area contributed by atoms with Crippen LogP contribution in [0.3, 0.4) is 0 Å². The average molecular weight is 374 g/mol. The Hall–Kier alpha value is -2.71. The molecule has 0 atom stereocenters. The van der Waals surface area contributed by atoms with Gasteiger partial charge in [-0.15, -0.1) is 0 Å². The molecule has 0 radical (unpaired) electrons. The van der Waals surface area contributed by atoms with Crippen LogP contribution < -0.4 is 10.9 Å². The molecule has 1 aliphatic rings. The summed E-state index contributed by atoms with van der Waals surface area (Å²) in [5, 5.41) is 5.45. The van der Waals surface area contributed by atoms with Gasteiger partial charge in [0.05, 0.1) is 5.69 Å². The Balaban J connectivity index is 1.67. The van der Waals surface area contributed by atoms with Crippen LogP contribution in [-0.2, 0) is 16.0 Å². The van der Waals surface area contributed by atoms with Gasteiger partial charge in [-0.3, -0.25) is 24.8 Å². The van der Waals surface area contributed by atoms with Crippen LogP contribution in [0.5, 0.6) is 0 Å². The molecule has 0 unspecified atom stereocenters. The highest BCUT2D eigenvalue weighted by molar-refractivity contribution is 5.89. The maximum Gasteiger partial charge on any atom is 0.277 e. The standard InChI is InChI=1S/C18H26N6O3/c1-3-7-13-12(2)19-18-21-17(22-24(18)16(13)27)20-14(25)9-11-23-10-6-4-5-8-15(23)26/h3-11H2,1-2H3,(H2,19,20,21,22,25). The second-order valence-electron chi connectivity index (χ2n) is 6.93. The van der Waals surface area contributed by atoms with Crippen LogP contribution in [0.25, 0.3) is 5.78 Å². The smallest absolute Gasteiger partial charge is 0.277 e. The van der Waals surface area contributed by atoms with Gasteiger partial charge in [-0.1, -0.05) is 19.8 Å². The van der Waals surface area contributed by atoms with Crippen molar-refractivity contribution in [3.8, 4) is 0 Å². The monoisotopic (exact) mass is 374 g/mol. The molecule has 3 heterocycles. The molecule has 0 bridgehead atoms. The molecule has 2 amide bonds. The molecule has 1 saturated heterocycles. The van der Waals surface area contributed by atoms with Crippen LogP contribution in [0, 0.1) is 6.92 Å². The lowest BCUT2D eigenvalue weighted by Gasteiger charge is -2.19. The summed E-state index contributed by atoms with van der Waals surface area (Å²) >= 11 is 0. The van der Waals surface area contributed by atoms with E-state index >= 15 is 0 Å². The Bertz CT molecular complexity index is 900. The van der Waals surface area contributed by atoms with Gasteiger partial charge < -0.3 is 4.90 Å². The van der Waals surface area contributed by atoms with Crippen molar-refractivity contribution in [2.75, 3.05) is 18.4 Å². The van der Waals surface area contributed by atoms with Crippen molar-refractivity contribution in [2.45, 2.75) is 58.8 Å². The molecule has 3 rings (SSSR count). The number of carbonyl (C=O) groups excluding carboxylic acids is 2. The normalized spacial score (nSPS) is 15.2. The fourth-order valence-electron chi connectivity index (χ4n) is 3.35. The van der Waals surface area contributed by atoms with Crippen LogP contribution in [0.4, 0.5) is 5.95 Å². The molecule has 0 aliphatic carbocycles. The van der Waals surface area contributed by atoms with E-state index in [1.165, 1.54) is 4.52 Å². The minimum atomic E-state index is -0.260. The fourth-order valence-corrected chi connectivity index (χ4v) is 3.35. The number of carbonyl (C=O) groups is 2. The largest absolute Gasteiger partial charge is 0.342 e. The number of hydrogen-bond acceptors (Lipinski definition) is 5. The minimum Gasteiger partial charge on any atom is -0.342 e. The van der Waals surface area contributed by atoms with E-state index in [1.54, 1.807) is 11.8 Å². The van der Waals surface area contributed by atoms with Gasteiger partial charge in [0.2, 0.25) is 17.8 Å². The molecular weight excluding hydrogens is 348 g/mol. The molecule has 1 aliphatic heterocycles. The zero-order valence-electron chi connectivity index (χ0n) is 15.9. The minimum absolute atomic E-state index is 0.110. The molecule has 0 spiro atoms. The lowest BCUT2D eigenvalue weighted by molar-refractivity contribution is -0.131. The van der Waals surface area contributed by atoms with Crippen LogP contribution >= 0.6 is 0 Å². The Morgan fingerprint density at radius 2 is 2.04 bits per heavy atom. The number of aryl methyl sites for hydroxylation is 1. The summed E-state index contributed by atoms with van der Waals surface area (Å²) in [6.07, 6.45) is 5.17. The first-order valence-electron chi connectivity index (χ1n) is 9.55. The second kappa shape index (κ2) is 8.32. The van der Waals surface area contributed by atoms with E-state index < -0.39 is 0 Å². The maximum atomic E-state index is 12.5. The Kier molecular flexibility index (Phi) is 5.88. The number of fused-ring (bicyclic) bond motifs is 1. The fraction of sp³-hybridized carbons (Fsp3) is 0.611. The third kappa shape index (κ3) is 4.35. The second-order valence-corrected chi connectivity index (χ2v) is 6.93. The predicted octanol–water partition coefficient (Wildman–Crippen LogP) is 1.41. The average Bonchev–Trinajstić information content (AvgIpc) is 2.90. The number of likely N-dealkylation sites (tertiary alicyclic amines) is 1. The van der Waals surface area contributed by atoms with E-state index in [4.69, 9.17) is 0 Å². The number of aromatic amines is 1. The van der Waals surface area contributed by atoms with Crippen molar-refractivity contribution in [1.29, 1.82) is 0 Å². The summed E-state index contributed by atoms with van der Waals surface area (Å²) in [7, 11) is 0. The Morgan fingerprint density at radius 3 is 2.81 bits per heavy atom. The molecule has 1 fully saturated rings. The first-order valence-corrected chi connectivity index (χ1v) is 9.55. The highest BCUT2D eigenvalue weighted by Gasteiger charge is 2.18. The van der Waals surface area contributed by atoms with Gasteiger partial charge in [0, 0.05) is 31.5 Å². The van der Waals surface area contributed by atoms with Gasteiger partial charge in [0.15, 0.2) is 0 Å².